The van der Waals surface area contributed by atoms with Crippen molar-refractivity contribution in [2.45, 2.75) is 25.2 Å². The molecule has 4 heterocycles. The summed E-state index contributed by atoms with van der Waals surface area (Å²) in [7, 11) is 0. The van der Waals surface area contributed by atoms with E-state index in [1.165, 1.54) is 10.9 Å². The largest absolute Gasteiger partial charge is 0.346 e. The number of nitrogens with zero attached hydrogens (tertiary/aromatic N) is 3. The molecule has 4 amide bonds. The zero-order valence-corrected chi connectivity index (χ0v) is 17.3. The number of amides is 4. The number of anilines is 2. The van der Waals surface area contributed by atoms with Crippen molar-refractivity contribution in [1.29, 1.82) is 0 Å². The molecular weight excluding hydrogens is 392 g/mol. The summed E-state index contributed by atoms with van der Waals surface area (Å²) < 4.78 is 0. The molecule has 0 radical (unpaired) electrons. The molecule has 8 heteroatoms. The fourth-order valence-corrected chi connectivity index (χ4v) is 4.54. The molecule has 2 fully saturated rings. The Morgan fingerprint density at radius 3 is 2.84 bits per heavy atom. The van der Waals surface area contributed by atoms with E-state index in [0.29, 0.717) is 37.8 Å². The number of rotatable bonds is 3. The van der Waals surface area contributed by atoms with Crippen molar-refractivity contribution in [3.8, 4) is 0 Å². The van der Waals surface area contributed by atoms with Crippen LogP contribution in [0.3, 0.4) is 0 Å². The summed E-state index contributed by atoms with van der Waals surface area (Å²) >= 11 is 0. The van der Waals surface area contributed by atoms with Crippen molar-refractivity contribution >= 4 is 34.5 Å². The van der Waals surface area contributed by atoms with Crippen LogP contribution in [0.25, 0.3) is 11.0 Å². The van der Waals surface area contributed by atoms with E-state index in [1.54, 1.807) is 11.1 Å². The van der Waals surface area contributed by atoms with Crippen molar-refractivity contribution in [2.75, 3.05) is 36.4 Å². The van der Waals surface area contributed by atoms with Crippen molar-refractivity contribution < 1.29 is 9.59 Å². The third-order valence-electron chi connectivity index (χ3n) is 6.19. The number of likely N-dealkylation sites (tertiary alicyclic amines) is 1. The van der Waals surface area contributed by atoms with Gasteiger partial charge in [0.15, 0.2) is 0 Å². The summed E-state index contributed by atoms with van der Waals surface area (Å²) in [5.41, 5.74) is 3.70. The Morgan fingerprint density at radius 2 is 2.00 bits per heavy atom. The fourth-order valence-electron chi connectivity index (χ4n) is 4.54. The normalized spacial score (nSPS) is 17.6. The highest BCUT2D eigenvalue weighted by Crippen LogP contribution is 2.32. The van der Waals surface area contributed by atoms with E-state index in [4.69, 9.17) is 0 Å². The summed E-state index contributed by atoms with van der Waals surface area (Å²) in [5, 5.41) is 7.02. The molecule has 3 aromatic rings. The van der Waals surface area contributed by atoms with Crippen LogP contribution in [0.4, 0.5) is 21.0 Å². The van der Waals surface area contributed by atoms with Crippen LogP contribution in [0, 0.1) is 0 Å². The number of hydrogen-bond acceptors (Lipinski definition) is 3. The Hall–Kier alpha value is -3.55. The number of piperidine rings is 1. The van der Waals surface area contributed by atoms with Gasteiger partial charge in [-0.15, -0.1) is 0 Å². The highest BCUT2D eigenvalue weighted by atomic mass is 16.2. The number of hydrogen-bond donors (Lipinski definition) is 3. The molecule has 8 nitrogen and oxygen atoms in total. The predicted octanol–water partition coefficient (Wildman–Crippen LogP) is 3.89. The summed E-state index contributed by atoms with van der Waals surface area (Å²) in [6.07, 6.45) is 6.60. The van der Waals surface area contributed by atoms with Crippen LogP contribution in [-0.4, -0.2) is 53.1 Å². The maximum Gasteiger partial charge on any atom is 0.321 e. The molecule has 0 unspecified atom stereocenters. The number of pyridine rings is 1. The van der Waals surface area contributed by atoms with Crippen molar-refractivity contribution in [1.82, 2.24) is 20.2 Å². The summed E-state index contributed by atoms with van der Waals surface area (Å²) in [4.78, 5) is 36.1. The molecular formula is C23H26N6O2. The molecule has 5 rings (SSSR count). The van der Waals surface area contributed by atoms with Gasteiger partial charge in [-0.25, -0.2) is 14.6 Å². The van der Waals surface area contributed by atoms with Gasteiger partial charge in [0, 0.05) is 55.3 Å². The summed E-state index contributed by atoms with van der Waals surface area (Å²) in [5.74, 6) is 0.419. The molecule has 0 aliphatic carbocycles. The maximum atomic E-state index is 12.8. The lowest BCUT2D eigenvalue weighted by atomic mass is 9.89. The first-order chi connectivity index (χ1) is 15.2. The topological polar surface area (TPSA) is 93.4 Å². The highest BCUT2D eigenvalue weighted by molar-refractivity contribution is 5.95. The van der Waals surface area contributed by atoms with Crippen LogP contribution in [0.5, 0.6) is 0 Å². The first-order valence-electron chi connectivity index (χ1n) is 10.8. The van der Waals surface area contributed by atoms with Gasteiger partial charge in [0.25, 0.3) is 0 Å². The quantitative estimate of drug-likeness (QED) is 0.602. The molecule has 2 aliphatic heterocycles. The third-order valence-corrected chi connectivity index (χ3v) is 6.19. The van der Waals surface area contributed by atoms with Gasteiger partial charge >= 0.3 is 12.1 Å². The van der Waals surface area contributed by atoms with E-state index in [0.717, 1.165) is 30.6 Å². The minimum absolute atomic E-state index is 0.0933. The van der Waals surface area contributed by atoms with Gasteiger partial charge in [0.2, 0.25) is 0 Å². The van der Waals surface area contributed by atoms with Crippen LogP contribution in [-0.2, 0) is 0 Å². The lowest BCUT2D eigenvalue weighted by molar-refractivity contribution is 0.195. The van der Waals surface area contributed by atoms with Gasteiger partial charge in [0.1, 0.15) is 5.65 Å². The molecule has 0 saturated carbocycles. The fraction of sp³-hybridized carbons (Fsp3) is 0.348. The first-order valence-corrected chi connectivity index (χ1v) is 10.8. The molecule has 1 aromatic carbocycles. The Balaban J connectivity index is 1.21. The first kappa shape index (κ1) is 19.4. The van der Waals surface area contributed by atoms with Crippen LogP contribution < -0.4 is 15.5 Å². The number of carbonyl (C=O) groups excluding carboxylic acids is 2. The molecule has 0 bridgehead atoms. The van der Waals surface area contributed by atoms with Crippen LogP contribution in [0.15, 0.2) is 48.8 Å². The minimum atomic E-state index is -0.0979. The number of fused-ring (bicyclic) bond motifs is 1. The lowest BCUT2D eigenvalue weighted by Gasteiger charge is -2.32. The SMILES string of the molecule is O=C(Nc1cccc(N2CCCNC2=O)c1)N1CCC(c2c[nH]c3ncccc23)CC1. The average Bonchev–Trinajstić information content (AvgIpc) is 3.24. The van der Waals surface area contributed by atoms with Crippen molar-refractivity contribution in [3.05, 3.63) is 54.4 Å². The summed E-state index contributed by atoms with van der Waals surface area (Å²) in [6, 6.07) is 11.3. The van der Waals surface area contributed by atoms with Gasteiger partial charge in [-0.1, -0.05) is 6.07 Å². The highest BCUT2D eigenvalue weighted by Gasteiger charge is 2.26. The second kappa shape index (κ2) is 8.29. The van der Waals surface area contributed by atoms with E-state index in [2.05, 4.69) is 32.9 Å². The van der Waals surface area contributed by atoms with E-state index < -0.39 is 0 Å². The number of aromatic nitrogens is 2. The van der Waals surface area contributed by atoms with Gasteiger partial charge < -0.3 is 20.5 Å². The van der Waals surface area contributed by atoms with Gasteiger partial charge in [-0.3, -0.25) is 4.90 Å². The number of carbonyl (C=O) groups is 2. The Labute approximate surface area is 180 Å². The van der Waals surface area contributed by atoms with Crippen molar-refractivity contribution in [2.24, 2.45) is 0 Å². The van der Waals surface area contributed by atoms with Gasteiger partial charge in [-0.2, -0.15) is 0 Å². The second-order valence-corrected chi connectivity index (χ2v) is 8.12. The predicted molar refractivity (Wildman–Crippen MR) is 120 cm³/mol. The molecule has 31 heavy (non-hydrogen) atoms. The van der Waals surface area contributed by atoms with Crippen LogP contribution in [0.1, 0.15) is 30.7 Å². The molecule has 2 aromatic heterocycles. The van der Waals surface area contributed by atoms with Crippen molar-refractivity contribution in [3.63, 3.8) is 0 Å². The Morgan fingerprint density at radius 1 is 1.13 bits per heavy atom. The maximum absolute atomic E-state index is 12.8. The molecule has 3 N–H and O–H groups in total. The number of H-pyrrole nitrogens is 1. The van der Waals surface area contributed by atoms with E-state index in [9.17, 15) is 9.59 Å². The third kappa shape index (κ3) is 3.93. The zero-order valence-electron chi connectivity index (χ0n) is 17.3. The van der Waals surface area contributed by atoms with Gasteiger partial charge in [0.05, 0.1) is 0 Å². The Kier molecular flexibility index (Phi) is 5.19. The zero-order chi connectivity index (χ0) is 21.2. The standard InChI is InChI=1S/C23H26N6O2/c30-22-25-10-3-11-29(22)18-5-1-4-17(14-18)27-23(31)28-12-7-16(8-13-28)20-15-26-21-19(20)6-2-9-24-21/h1-2,4-6,9,14-16H,3,7-8,10-13H2,(H,24,26)(H,25,30)(H,27,31). The monoisotopic (exact) mass is 418 g/mol. The smallest absolute Gasteiger partial charge is 0.321 e. The molecule has 2 saturated heterocycles. The minimum Gasteiger partial charge on any atom is -0.346 e. The van der Waals surface area contributed by atoms with E-state index in [-0.39, 0.29) is 12.1 Å². The molecule has 0 spiro atoms. The average molecular weight is 419 g/mol. The summed E-state index contributed by atoms with van der Waals surface area (Å²) in [6.45, 7) is 2.80. The van der Waals surface area contributed by atoms with E-state index >= 15 is 0 Å². The Bertz CT molecular complexity index is 1100. The van der Waals surface area contributed by atoms with Crippen LogP contribution in [0.2, 0.25) is 0 Å². The number of nitrogens with one attached hydrogen (secondary N) is 3. The lowest BCUT2D eigenvalue weighted by Crippen LogP contribution is -2.46. The van der Waals surface area contributed by atoms with Crippen LogP contribution >= 0.6 is 0 Å². The molecule has 0 atom stereocenters. The van der Waals surface area contributed by atoms with E-state index in [1.807, 2.05) is 35.2 Å². The van der Waals surface area contributed by atoms with Gasteiger partial charge in [-0.05, 0) is 61.1 Å². The number of aromatic amines is 1. The molecule has 160 valence electrons. The molecule has 2 aliphatic rings. The number of urea groups is 2. The number of benzene rings is 1. The second-order valence-electron chi connectivity index (χ2n) is 8.12.